The molecule has 0 bridgehead atoms. The van der Waals surface area contributed by atoms with E-state index in [9.17, 15) is 9.59 Å². The molecule has 1 heterocycles. The molecule has 2 aromatic carbocycles. The van der Waals surface area contributed by atoms with E-state index in [1.54, 1.807) is 15.5 Å². The molecule has 2 amide bonds. The van der Waals surface area contributed by atoms with Crippen LogP contribution in [0.25, 0.3) is 16.6 Å². The van der Waals surface area contributed by atoms with Gasteiger partial charge in [0, 0.05) is 19.6 Å². The highest BCUT2D eigenvalue weighted by Gasteiger charge is 2.27. The summed E-state index contributed by atoms with van der Waals surface area (Å²) >= 11 is 0. The number of carbonyl (C=O) groups excluding carboxylic acids is 1. The van der Waals surface area contributed by atoms with Crippen molar-refractivity contribution < 1.29 is 4.79 Å². The van der Waals surface area contributed by atoms with Crippen molar-refractivity contribution in [2.24, 2.45) is 0 Å². The van der Waals surface area contributed by atoms with E-state index < -0.39 is 6.04 Å². The highest BCUT2D eigenvalue weighted by atomic mass is 16.2. The van der Waals surface area contributed by atoms with Gasteiger partial charge < -0.3 is 15.1 Å². The summed E-state index contributed by atoms with van der Waals surface area (Å²) in [4.78, 5) is 35.3. The Hall–Kier alpha value is -3.19. The SMILES string of the molecule is CCNC(=O)N(CCN(C)C)C(C)c1nc2ccccc2c(=O)n1-c1ccc(C)cc1C. The van der Waals surface area contributed by atoms with E-state index in [1.165, 1.54) is 0 Å². The lowest BCUT2D eigenvalue weighted by atomic mass is 10.1. The van der Waals surface area contributed by atoms with Gasteiger partial charge in [-0.1, -0.05) is 29.8 Å². The number of urea groups is 1. The second-order valence-corrected chi connectivity index (χ2v) is 8.43. The fourth-order valence-corrected chi connectivity index (χ4v) is 3.89. The van der Waals surface area contributed by atoms with Gasteiger partial charge in [-0.15, -0.1) is 0 Å². The maximum absolute atomic E-state index is 13.7. The molecule has 3 aromatic rings. The van der Waals surface area contributed by atoms with Crippen molar-refractivity contribution in [3.63, 3.8) is 0 Å². The van der Waals surface area contributed by atoms with Gasteiger partial charge in [-0.2, -0.15) is 0 Å². The molecule has 1 aromatic heterocycles. The number of likely N-dealkylation sites (N-methyl/N-ethyl adjacent to an activating group) is 1. The monoisotopic (exact) mass is 435 g/mol. The molecule has 1 N–H and O–H groups in total. The Morgan fingerprint density at radius 2 is 1.84 bits per heavy atom. The lowest BCUT2D eigenvalue weighted by Gasteiger charge is -2.31. The van der Waals surface area contributed by atoms with E-state index in [2.05, 4.69) is 11.4 Å². The second kappa shape index (κ2) is 9.96. The van der Waals surface area contributed by atoms with Crippen LogP contribution in [0.5, 0.6) is 0 Å². The first-order valence-corrected chi connectivity index (χ1v) is 11.0. The number of aromatic nitrogens is 2. The number of para-hydroxylation sites is 1. The fourth-order valence-electron chi connectivity index (χ4n) is 3.89. The third-order valence-corrected chi connectivity index (χ3v) is 5.61. The van der Waals surface area contributed by atoms with Crippen molar-refractivity contribution in [1.82, 2.24) is 24.7 Å². The highest BCUT2D eigenvalue weighted by molar-refractivity contribution is 5.78. The van der Waals surface area contributed by atoms with E-state index in [0.29, 0.717) is 36.4 Å². The van der Waals surface area contributed by atoms with Crippen LogP contribution in [0.15, 0.2) is 47.3 Å². The Kier molecular flexibility index (Phi) is 7.30. The number of nitrogens with zero attached hydrogens (tertiary/aromatic N) is 4. The van der Waals surface area contributed by atoms with E-state index >= 15 is 0 Å². The lowest BCUT2D eigenvalue weighted by Crippen LogP contribution is -2.45. The molecule has 0 aliphatic heterocycles. The molecule has 0 spiro atoms. The van der Waals surface area contributed by atoms with Crippen LogP contribution in [-0.2, 0) is 0 Å². The average molecular weight is 436 g/mol. The van der Waals surface area contributed by atoms with E-state index in [-0.39, 0.29) is 11.6 Å². The van der Waals surface area contributed by atoms with Crippen LogP contribution in [0.2, 0.25) is 0 Å². The van der Waals surface area contributed by atoms with Gasteiger partial charge in [0.25, 0.3) is 5.56 Å². The summed E-state index contributed by atoms with van der Waals surface area (Å²) in [6.45, 7) is 9.58. The van der Waals surface area contributed by atoms with Crippen molar-refractivity contribution in [2.45, 2.75) is 33.7 Å². The zero-order chi connectivity index (χ0) is 23.4. The number of fused-ring (bicyclic) bond motifs is 1. The minimum atomic E-state index is -0.417. The Bertz CT molecular complexity index is 1170. The number of aryl methyl sites for hydroxylation is 2. The van der Waals surface area contributed by atoms with Crippen molar-refractivity contribution in [3.8, 4) is 5.69 Å². The molecule has 0 aliphatic carbocycles. The summed E-state index contributed by atoms with van der Waals surface area (Å²) < 4.78 is 1.67. The third-order valence-electron chi connectivity index (χ3n) is 5.61. The summed E-state index contributed by atoms with van der Waals surface area (Å²) in [5.74, 6) is 0.547. The summed E-state index contributed by atoms with van der Waals surface area (Å²) in [6, 6.07) is 12.8. The van der Waals surface area contributed by atoms with Gasteiger partial charge in [0.05, 0.1) is 22.6 Å². The van der Waals surface area contributed by atoms with Gasteiger partial charge in [-0.05, 0) is 65.6 Å². The maximum Gasteiger partial charge on any atom is 0.318 e. The van der Waals surface area contributed by atoms with Crippen LogP contribution >= 0.6 is 0 Å². The third kappa shape index (κ3) is 4.83. The van der Waals surface area contributed by atoms with Gasteiger partial charge in [0.1, 0.15) is 5.82 Å². The number of nitrogens with one attached hydrogen (secondary N) is 1. The van der Waals surface area contributed by atoms with Crippen molar-refractivity contribution in [1.29, 1.82) is 0 Å². The average Bonchev–Trinajstić information content (AvgIpc) is 2.74. The molecular formula is C25H33N5O2. The highest BCUT2D eigenvalue weighted by Crippen LogP contribution is 2.24. The molecule has 0 radical (unpaired) electrons. The normalized spacial score (nSPS) is 12.2. The first-order valence-electron chi connectivity index (χ1n) is 11.0. The molecule has 32 heavy (non-hydrogen) atoms. The molecule has 3 rings (SSSR count). The summed E-state index contributed by atoms with van der Waals surface area (Å²) in [5.41, 5.74) is 3.38. The van der Waals surface area contributed by atoms with Crippen LogP contribution in [0.4, 0.5) is 4.79 Å². The molecule has 0 saturated carbocycles. The summed E-state index contributed by atoms with van der Waals surface area (Å²) in [6.07, 6.45) is 0. The number of benzene rings is 2. The van der Waals surface area contributed by atoms with Gasteiger partial charge >= 0.3 is 6.03 Å². The van der Waals surface area contributed by atoms with E-state index in [0.717, 1.165) is 16.8 Å². The number of hydrogen-bond acceptors (Lipinski definition) is 4. The Morgan fingerprint density at radius 3 is 2.50 bits per heavy atom. The predicted octanol–water partition coefficient (Wildman–Crippen LogP) is 3.66. The Balaban J connectivity index is 2.24. The van der Waals surface area contributed by atoms with Gasteiger partial charge in [0.2, 0.25) is 0 Å². The van der Waals surface area contributed by atoms with Crippen molar-refractivity contribution in [3.05, 3.63) is 69.8 Å². The summed E-state index contributed by atoms with van der Waals surface area (Å²) in [7, 11) is 3.95. The van der Waals surface area contributed by atoms with Crippen LogP contribution in [0.3, 0.4) is 0 Å². The first kappa shape index (κ1) is 23.5. The number of carbonyl (C=O) groups is 1. The topological polar surface area (TPSA) is 70.5 Å². The summed E-state index contributed by atoms with van der Waals surface area (Å²) in [5, 5.41) is 3.46. The standard InChI is InChI=1S/C25H33N5O2/c1-7-26-25(32)29(15-14-28(5)6)19(4)23-27-21-11-9-8-10-20(21)24(31)30(23)22-13-12-17(2)16-18(22)3/h8-13,16,19H,7,14-15H2,1-6H3,(H,26,32). The molecule has 1 unspecified atom stereocenters. The van der Waals surface area contributed by atoms with Crippen LogP contribution in [0, 0.1) is 13.8 Å². The van der Waals surface area contributed by atoms with E-state index in [4.69, 9.17) is 4.98 Å². The second-order valence-electron chi connectivity index (χ2n) is 8.43. The number of hydrogen-bond donors (Lipinski definition) is 1. The van der Waals surface area contributed by atoms with E-state index in [1.807, 2.05) is 77.0 Å². The number of amides is 2. The molecule has 0 aliphatic rings. The first-order chi connectivity index (χ1) is 15.2. The van der Waals surface area contributed by atoms with Gasteiger partial charge in [-0.25, -0.2) is 9.78 Å². The number of rotatable bonds is 7. The molecule has 0 fully saturated rings. The largest absolute Gasteiger partial charge is 0.338 e. The molecule has 0 saturated heterocycles. The molecule has 7 nitrogen and oxygen atoms in total. The molecule has 170 valence electrons. The molecular weight excluding hydrogens is 402 g/mol. The fraction of sp³-hybridized carbons (Fsp3) is 0.400. The zero-order valence-electron chi connectivity index (χ0n) is 19.8. The smallest absolute Gasteiger partial charge is 0.318 e. The van der Waals surface area contributed by atoms with Crippen molar-refractivity contribution >= 4 is 16.9 Å². The predicted molar refractivity (Wildman–Crippen MR) is 130 cm³/mol. The Morgan fingerprint density at radius 1 is 1.12 bits per heavy atom. The Labute approximate surface area is 189 Å². The minimum absolute atomic E-state index is 0.132. The van der Waals surface area contributed by atoms with Crippen LogP contribution < -0.4 is 10.9 Å². The minimum Gasteiger partial charge on any atom is -0.338 e. The van der Waals surface area contributed by atoms with Crippen LogP contribution in [0.1, 0.15) is 36.8 Å². The van der Waals surface area contributed by atoms with Crippen LogP contribution in [-0.4, -0.2) is 59.1 Å². The molecule has 7 heteroatoms. The van der Waals surface area contributed by atoms with Crippen molar-refractivity contribution in [2.75, 3.05) is 33.7 Å². The molecule has 1 atom stereocenters. The van der Waals surface area contributed by atoms with Gasteiger partial charge in [-0.3, -0.25) is 9.36 Å². The van der Waals surface area contributed by atoms with Gasteiger partial charge in [0.15, 0.2) is 0 Å². The quantitative estimate of drug-likeness (QED) is 0.615. The lowest BCUT2D eigenvalue weighted by molar-refractivity contribution is 0.169. The zero-order valence-corrected chi connectivity index (χ0v) is 19.8. The maximum atomic E-state index is 13.7.